The Kier molecular flexibility index (Phi) is 6.34. The normalized spacial score (nSPS) is 35.0. The Morgan fingerprint density at radius 1 is 1.31 bits per heavy atom. The fourth-order valence-electron chi connectivity index (χ4n) is 5.47. The van der Waals surface area contributed by atoms with E-state index in [-0.39, 0.29) is 40.8 Å². The van der Waals surface area contributed by atoms with Crippen LogP contribution in [0.3, 0.4) is 0 Å². The molecule has 2 N–H and O–H groups in total. The molecule has 0 unspecified atom stereocenters. The number of β-lactam (4-membered cyclic amide) rings is 1. The highest BCUT2D eigenvalue weighted by Gasteiger charge is 2.59. The van der Waals surface area contributed by atoms with Crippen LogP contribution in [0.2, 0.25) is 0 Å². The number of aliphatic hydroxyl groups excluding tert-OH is 1. The molecule has 0 aliphatic carbocycles. The molecular weight excluding hydrogens is 432 g/mol. The minimum Gasteiger partial charge on any atom is -0.543 e. The second kappa shape index (κ2) is 8.62. The fraction of sp³-hybridized carbons (Fsp3) is 0.773. The smallest absolute Gasteiger partial charge is 0.235 e. The largest absolute Gasteiger partial charge is 0.543 e. The topological polar surface area (TPSA) is 113 Å². The number of carboxylic acids is 1. The predicted molar refractivity (Wildman–Crippen MR) is 118 cm³/mol. The molecule has 0 radical (unpaired) electrons. The predicted octanol–water partition coefficient (Wildman–Crippen LogP) is -1.42. The third kappa shape index (κ3) is 4.18. The lowest BCUT2D eigenvalue weighted by atomic mass is 9.79. The van der Waals surface area contributed by atoms with Crippen LogP contribution >= 0.6 is 11.8 Å². The van der Waals surface area contributed by atoms with Crippen molar-refractivity contribution in [3.63, 3.8) is 0 Å². The number of quaternary nitrogens is 1. The van der Waals surface area contributed by atoms with Crippen LogP contribution in [-0.2, 0) is 14.4 Å². The second-order valence-corrected chi connectivity index (χ2v) is 11.6. The Morgan fingerprint density at radius 2 is 1.97 bits per heavy atom. The van der Waals surface area contributed by atoms with Gasteiger partial charge < -0.3 is 34.6 Å². The first kappa shape index (κ1) is 23.5. The number of piperazine rings is 1. The maximum absolute atomic E-state index is 12.7. The van der Waals surface area contributed by atoms with Crippen LogP contribution in [0.15, 0.2) is 10.6 Å². The lowest BCUT2D eigenvalue weighted by molar-refractivity contribution is -0.894. The monoisotopic (exact) mass is 466 g/mol. The summed E-state index contributed by atoms with van der Waals surface area (Å²) in [6.45, 7) is 7.66. The molecule has 9 nitrogen and oxygen atoms in total. The molecule has 0 saturated carbocycles. The van der Waals surface area contributed by atoms with Gasteiger partial charge in [-0.25, -0.2) is 0 Å². The Balaban J connectivity index is 1.36. The number of rotatable bonds is 6. The Bertz CT molecular complexity index is 834. The number of aliphatic hydroxyl groups is 1. The van der Waals surface area contributed by atoms with Crippen molar-refractivity contribution < 1.29 is 29.1 Å². The van der Waals surface area contributed by atoms with E-state index in [9.17, 15) is 24.6 Å². The molecule has 4 aliphatic heterocycles. The number of likely N-dealkylation sites (N-methyl/N-ethyl adjacent to an activating group) is 1. The molecule has 0 aromatic carbocycles. The number of thioether (sulfide) groups is 1. The number of carboxylic acid groups (broad SMARTS) is 1. The molecule has 3 saturated heterocycles. The quantitative estimate of drug-likeness (QED) is 0.365. The van der Waals surface area contributed by atoms with Crippen molar-refractivity contribution in [1.29, 1.82) is 0 Å². The molecule has 10 heteroatoms. The van der Waals surface area contributed by atoms with Gasteiger partial charge in [-0.1, -0.05) is 6.92 Å². The fourth-order valence-corrected chi connectivity index (χ4v) is 6.99. The van der Waals surface area contributed by atoms with Gasteiger partial charge in [-0.05, 0) is 13.3 Å². The summed E-state index contributed by atoms with van der Waals surface area (Å²) in [5, 5.41) is 25.4. The van der Waals surface area contributed by atoms with Gasteiger partial charge in [-0.3, -0.25) is 9.59 Å². The van der Waals surface area contributed by atoms with Crippen LogP contribution in [0.25, 0.3) is 0 Å². The maximum Gasteiger partial charge on any atom is 0.235 e. The molecule has 32 heavy (non-hydrogen) atoms. The average molecular weight is 467 g/mol. The molecule has 0 bridgehead atoms. The van der Waals surface area contributed by atoms with Gasteiger partial charge in [0, 0.05) is 35.1 Å². The number of nitrogens with zero attached hydrogens (tertiary/aromatic N) is 3. The molecule has 0 aromatic heterocycles. The van der Waals surface area contributed by atoms with E-state index in [1.54, 1.807) is 6.92 Å². The van der Waals surface area contributed by atoms with E-state index in [2.05, 4.69) is 19.4 Å². The van der Waals surface area contributed by atoms with Crippen molar-refractivity contribution in [3.05, 3.63) is 10.6 Å². The molecule has 6 atom stereocenters. The third-order valence-corrected chi connectivity index (χ3v) is 9.01. The van der Waals surface area contributed by atoms with E-state index in [1.807, 2.05) is 11.8 Å². The summed E-state index contributed by atoms with van der Waals surface area (Å²) in [4.78, 5) is 41.0. The van der Waals surface area contributed by atoms with E-state index in [0.29, 0.717) is 17.9 Å². The van der Waals surface area contributed by atoms with Gasteiger partial charge in [-0.2, -0.15) is 0 Å². The molecule has 4 aliphatic rings. The van der Waals surface area contributed by atoms with Gasteiger partial charge in [-0.15, -0.1) is 11.8 Å². The van der Waals surface area contributed by atoms with Crippen LogP contribution in [0.4, 0.5) is 0 Å². The van der Waals surface area contributed by atoms with Crippen LogP contribution in [0, 0.1) is 11.8 Å². The first-order valence-electron chi connectivity index (χ1n) is 11.5. The number of amides is 2. The van der Waals surface area contributed by atoms with Crippen molar-refractivity contribution in [2.45, 2.75) is 50.1 Å². The second-order valence-electron chi connectivity index (χ2n) is 10.3. The van der Waals surface area contributed by atoms with Gasteiger partial charge in [0.15, 0.2) is 0 Å². The summed E-state index contributed by atoms with van der Waals surface area (Å²) in [7, 11) is 4.36. The molecule has 0 aromatic rings. The number of fused-ring (bicyclic) bond motifs is 1. The summed E-state index contributed by atoms with van der Waals surface area (Å²) < 4.78 is 0.939. The molecule has 3 fully saturated rings. The Morgan fingerprint density at radius 3 is 2.56 bits per heavy atom. The summed E-state index contributed by atoms with van der Waals surface area (Å²) in [5.41, 5.74) is -0.0389. The zero-order chi connectivity index (χ0) is 23.4. The third-order valence-electron chi connectivity index (χ3n) is 7.50. The number of nitrogens with one attached hydrogen (secondary N) is 1. The minimum absolute atomic E-state index is 0.0389. The number of hydrogen-bond donors (Lipinski definition) is 2. The van der Waals surface area contributed by atoms with Crippen LogP contribution in [0.1, 0.15) is 26.7 Å². The molecular formula is C22H34N4O5S. The van der Waals surface area contributed by atoms with Gasteiger partial charge in [0.1, 0.15) is 0 Å². The SMILES string of the molecule is C[C@@H](O)[C@H]1C(=O)N2C(C(=O)[O-])=C(S[C@@H]3CN[C@H](CC(=O)N4CC[N+](C)(C)CC4)C3)[C@H](C)[C@H]12. The van der Waals surface area contributed by atoms with Gasteiger partial charge in [0.25, 0.3) is 0 Å². The van der Waals surface area contributed by atoms with Gasteiger partial charge in [0.2, 0.25) is 11.8 Å². The van der Waals surface area contributed by atoms with Crippen molar-refractivity contribution in [3.8, 4) is 0 Å². The molecule has 4 heterocycles. The van der Waals surface area contributed by atoms with Crippen molar-refractivity contribution in [2.75, 3.05) is 46.8 Å². The summed E-state index contributed by atoms with van der Waals surface area (Å²) in [6.07, 6.45) is 0.395. The molecule has 4 rings (SSSR count). The van der Waals surface area contributed by atoms with E-state index >= 15 is 0 Å². The van der Waals surface area contributed by atoms with Crippen molar-refractivity contribution >= 4 is 29.5 Å². The molecule has 178 valence electrons. The average Bonchev–Trinajstić information content (AvgIpc) is 3.23. The maximum atomic E-state index is 12.7. The van der Waals surface area contributed by atoms with Crippen LogP contribution in [-0.4, -0.2) is 107 Å². The van der Waals surface area contributed by atoms with Crippen molar-refractivity contribution in [2.24, 2.45) is 11.8 Å². The number of aliphatic carboxylic acids is 1. The van der Waals surface area contributed by atoms with Crippen LogP contribution < -0.4 is 10.4 Å². The zero-order valence-corrected chi connectivity index (χ0v) is 20.1. The van der Waals surface area contributed by atoms with E-state index in [4.69, 9.17) is 0 Å². The highest BCUT2D eigenvalue weighted by molar-refractivity contribution is 8.03. The van der Waals surface area contributed by atoms with Gasteiger partial charge in [0.05, 0.1) is 70.0 Å². The number of carbonyl (C=O) groups excluding carboxylic acids is 3. The van der Waals surface area contributed by atoms with E-state index in [0.717, 1.165) is 37.1 Å². The molecule has 0 spiro atoms. The van der Waals surface area contributed by atoms with Gasteiger partial charge >= 0.3 is 0 Å². The number of carbonyl (C=O) groups is 3. The van der Waals surface area contributed by atoms with E-state index < -0.39 is 18.0 Å². The molecule has 2 amide bonds. The van der Waals surface area contributed by atoms with Crippen molar-refractivity contribution in [1.82, 2.24) is 15.1 Å². The highest BCUT2D eigenvalue weighted by atomic mass is 32.2. The first-order valence-corrected chi connectivity index (χ1v) is 12.3. The summed E-state index contributed by atoms with van der Waals surface area (Å²) >= 11 is 1.48. The minimum atomic E-state index is -1.34. The summed E-state index contributed by atoms with van der Waals surface area (Å²) in [6, 6.07) is -0.261. The Hall–Kier alpha value is -1.62. The summed E-state index contributed by atoms with van der Waals surface area (Å²) in [5.74, 6) is -2.25. The Labute approximate surface area is 193 Å². The lowest BCUT2D eigenvalue weighted by Crippen LogP contribution is -2.64. The van der Waals surface area contributed by atoms with E-state index in [1.165, 1.54) is 16.7 Å². The van der Waals surface area contributed by atoms with Crippen LogP contribution in [0.5, 0.6) is 0 Å². The lowest BCUT2D eigenvalue weighted by Gasteiger charge is -2.47. The highest BCUT2D eigenvalue weighted by Crippen LogP contribution is 2.51. The first-order chi connectivity index (χ1) is 15.0. The number of hydrogen-bond acceptors (Lipinski definition) is 7. The standard InChI is InChI=1S/C22H34N4O5S/c1-12-18-17(13(2)27)21(29)25(18)19(22(30)31)20(12)32-15-9-14(23-11-15)10-16(28)24-5-7-26(3,4)8-6-24/h12-15,17-18,23,27H,5-11H2,1-4H3/t12-,13-,14+,15+,17-,18-/m1/s1. The zero-order valence-electron chi connectivity index (χ0n) is 19.2.